The second kappa shape index (κ2) is 9.04. The number of nitrogens with one attached hydrogen (secondary N) is 2. The maximum atomic E-state index is 12.8. The van der Waals surface area contributed by atoms with Crippen molar-refractivity contribution < 1.29 is 22.7 Å². The Bertz CT molecular complexity index is 1110. The monoisotopic (exact) mass is 452 g/mol. The van der Waals surface area contributed by atoms with Crippen molar-refractivity contribution in [3.05, 3.63) is 59.0 Å². The third kappa shape index (κ3) is 5.12. The van der Waals surface area contributed by atoms with Crippen molar-refractivity contribution in [1.82, 2.24) is 15.0 Å². The van der Waals surface area contributed by atoms with Gasteiger partial charge in [0.15, 0.2) is 11.6 Å². The summed E-state index contributed by atoms with van der Waals surface area (Å²) < 4.78 is 43.4. The van der Waals surface area contributed by atoms with Crippen LogP contribution in [0.2, 0.25) is 5.02 Å². The molecule has 0 aliphatic heterocycles. The number of alkyl halides is 3. The molecule has 0 bridgehead atoms. The lowest BCUT2D eigenvalue weighted by atomic mass is 10.2. The average molecular weight is 453 g/mol. The van der Waals surface area contributed by atoms with Gasteiger partial charge in [0.05, 0.1) is 28.4 Å². The van der Waals surface area contributed by atoms with Crippen LogP contribution in [0, 0.1) is 0 Å². The SMILES string of the molecule is CCOC(=O)c1ccccc1Nc1ncnc(Nc2ncc(C(F)(F)F)cc2Cl)c1N. The van der Waals surface area contributed by atoms with Crippen molar-refractivity contribution in [1.29, 1.82) is 0 Å². The summed E-state index contributed by atoms with van der Waals surface area (Å²) in [5.74, 6) is -0.396. The highest BCUT2D eigenvalue weighted by Gasteiger charge is 2.31. The number of esters is 1. The molecule has 0 aliphatic carbocycles. The summed E-state index contributed by atoms with van der Waals surface area (Å²) in [6.07, 6.45) is -2.77. The maximum absolute atomic E-state index is 12.8. The molecule has 12 heteroatoms. The first-order valence-corrected chi connectivity index (χ1v) is 9.22. The standard InChI is InChI=1S/C19H16ClF3N6O2/c1-2-31-18(30)11-5-3-4-6-13(11)28-16-14(24)17(27-9-26-16)29-15-12(20)7-10(8-25-15)19(21,22)23/h3-9H,2,24H2,1H3,(H2,25,26,27,28,29). The number of pyridine rings is 1. The first-order chi connectivity index (χ1) is 14.7. The Morgan fingerprint density at radius 1 is 1.13 bits per heavy atom. The van der Waals surface area contributed by atoms with Crippen LogP contribution in [0.4, 0.5) is 42.0 Å². The Balaban J connectivity index is 1.88. The van der Waals surface area contributed by atoms with Crippen LogP contribution < -0.4 is 16.4 Å². The Hall–Kier alpha value is -3.60. The second-order valence-corrected chi connectivity index (χ2v) is 6.46. The maximum Gasteiger partial charge on any atom is 0.417 e. The van der Waals surface area contributed by atoms with E-state index < -0.39 is 17.7 Å². The van der Waals surface area contributed by atoms with Gasteiger partial charge in [0.25, 0.3) is 0 Å². The molecule has 8 nitrogen and oxygen atoms in total. The molecule has 31 heavy (non-hydrogen) atoms. The average Bonchev–Trinajstić information content (AvgIpc) is 2.72. The summed E-state index contributed by atoms with van der Waals surface area (Å²) >= 11 is 5.92. The predicted octanol–water partition coefficient (Wildman–Crippen LogP) is 4.79. The number of anilines is 5. The van der Waals surface area contributed by atoms with Crippen LogP contribution in [-0.2, 0) is 10.9 Å². The zero-order valence-electron chi connectivity index (χ0n) is 16.0. The fourth-order valence-electron chi connectivity index (χ4n) is 2.50. The van der Waals surface area contributed by atoms with Gasteiger partial charge in [-0.1, -0.05) is 23.7 Å². The third-order valence-corrected chi connectivity index (χ3v) is 4.25. The Morgan fingerprint density at radius 2 is 1.81 bits per heavy atom. The lowest BCUT2D eigenvalue weighted by molar-refractivity contribution is -0.137. The smallest absolute Gasteiger partial charge is 0.417 e. The van der Waals surface area contributed by atoms with E-state index in [0.717, 1.165) is 6.07 Å². The molecule has 0 aliphatic rings. The molecule has 1 aromatic carbocycles. The van der Waals surface area contributed by atoms with Gasteiger partial charge < -0.3 is 21.1 Å². The van der Waals surface area contributed by atoms with Crippen molar-refractivity contribution in [3.63, 3.8) is 0 Å². The minimum Gasteiger partial charge on any atom is -0.462 e. The van der Waals surface area contributed by atoms with Crippen LogP contribution in [-0.4, -0.2) is 27.5 Å². The lowest BCUT2D eigenvalue weighted by Crippen LogP contribution is -2.10. The van der Waals surface area contributed by atoms with Crippen molar-refractivity contribution in [3.8, 4) is 0 Å². The van der Waals surface area contributed by atoms with Crippen molar-refractivity contribution in [2.24, 2.45) is 0 Å². The number of aromatic nitrogens is 3. The van der Waals surface area contributed by atoms with E-state index in [1.807, 2.05) is 0 Å². The summed E-state index contributed by atoms with van der Waals surface area (Å²) in [5, 5.41) is 5.35. The number of para-hydroxylation sites is 1. The topological polar surface area (TPSA) is 115 Å². The van der Waals surface area contributed by atoms with Gasteiger partial charge in [0.1, 0.15) is 17.8 Å². The first kappa shape index (κ1) is 22.1. The van der Waals surface area contributed by atoms with E-state index in [1.165, 1.54) is 6.33 Å². The van der Waals surface area contributed by atoms with Crippen LogP contribution in [0.15, 0.2) is 42.9 Å². The van der Waals surface area contributed by atoms with E-state index in [0.29, 0.717) is 11.9 Å². The highest BCUT2D eigenvalue weighted by Crippen LogP contribution is 2.34. The summed E-state index contributed by atoms with van der Waals surface area (Å²) in [6, 6.07) is 7.32. The number of nitrogens with two attached hydrogens (primary N) is 1. The molecule has 0 fully saturated rings. The van der Waals surface area contributed by atoms with E-state index in [-0.39, 0.29) is 40.3 Å². The van der Waals surface area contributed by atoms with Crippen molar-refractivity contribution >= 4 is 46.4 Å². The lowest BCUT2D eigenvalue weighted by Gasteiger charge is -2.15. The molecule has 0 radical (unpaired) electrons. The largest absolute Gasteiger partial charge is 0.462 e. The quantitative estimate of drug-likeness (QED) is 0.457. The Kier molecular flexibility index (Phi) is 6.44. The molecule has 0 saturated carbocycles. The minimum absolute atomic E-state index is 0.0268. The molecular weight excluding hydrogens is 437 g/mol. The van der Waals surface area contributed by atoms with Crippen LogP contribution in [0.3, 0.4) is 0 Å². The number of rotatable bonds is 6. The third-order valence-electron chi connectivity index (χ3n) is 3.96. The summed E-state index contributed by atoms with van der Waals surface area (Å²) in [7, 11) is 0. The Morgan fingerprint density at radius 3 is 2.45 bits per heavy atom. The molecule has 0 spiro atoms. The molecule has 2 heterocycles. The number of ether oxygens (including phenoxy) is 1. The molecule has 3 aromatic rings. The molecule has 2 aromatic heterocycles. The van der Waals surface area contributed by atoms with Gasteiger partial charge >= 0.3 is 12.1 Å². The van der Waals surface area contributed by atoms with Gasteiger partial charge in [-0.25, -0.2) is 19.7 Å². The number of benzene rings is 1. The molecule has 0 saturated heterocycles. The summed E-state index contributed by atoms with van der Waals surface area (Å²) in [6.45, 7) is 1.90. The molecular formula is C19H16ClF3N6O2. The van der Waals surface area contributed by atoms with Gasteiger partial charge in [0, 0.05) is 6.20 Å². The first-order valence-electron chi connectivity index (χ1n) is 8.84. The van der Waals surface area contributed by atoms with E-state index in [2.05, 4.69) is 25.6 Å². The summed E-state index contributed by atoms with van der Waals surface area (Å²) in [4.78, 5) is 23.9. The van der Waals surface area contributed by atoms with E-state index in [1.54, 1.807) is 31.2 Å². The van der Waals surface area contributed by atoms with Gasteiger partial charge in [-0.2, -0.15) is 13.2 Å². The number of nitrogen functional groups attached to an aromatic ring is 1. The van der Waals surface area contributed by atoms with Crippen molar-refractivity contribution in [2.75, 3.05) is 23.0 Å². The normalized spacial score (nSPS) is 11.1. The van der Waals surface area contributed by atoms with Gasteiger partial charge in [0.2, 0.25) is 0 Å². The number of carbonyl (C=O) groups is 1. The minimum atomic E-state index is -4.58. The van der Waals surface area contributed by atoms with E-state index >= 15 is 0 Å². The second-order valence-electron chi connectivity index (χ2n) is 6.05. The molecule has 0 amide bonds. The number of halogens is 4. The number of hydrogen-bond donors (Lipinski definition) is 3. The zero-order chi connectivity index (χ0) is 22.6. The fourth-order valence-corrected chi connectivity index (χ4v) is 2.71. The molecule has 0 unspecified atom stereocenters. The highest BCUT2D eigenvalue weighted by molar-refractivity contribution is 6.33. The van der Waals surface area contributed by atoms with Gasteiger partial charge in [-0.15, -0.1) is 0 Å². The van der Waals surface area contributed by atoms with Crippen LogP contribution in [0.5, 0.6) is 0 Å². The summed E-state index contributed by atoms with van der Waals surface area (Å²) in [5.41, 5.74) is 5.79. The zero-order valence-corrected chi connectivity index (χ0v) is 16.8. The molecule has 3 rings (SSSR count). The van der Waals surface area contributed by atoms with Gasteiger partial charge in [-0.3, -0.25) is 0 Å². The molecule has 0 atom stereocenters. The van der Waals surface area contributed by atoms with Gasteiger partial charge in [-0.05, 0) is 25.1 Å². The number of hydrogen-bond acceptors (Lipinski definition) is 8. The number of nitrogens with zero attached hydrogens (tertiary/aromatic N) is 3. The molecule has 4 N–H and O–H groups in total. The molecule has 162 valence electrons. The predicted molar refractivity (Wildman–Crippen MR) is 110 cm³/mol. The van der Waals surface area contributed by atoms with E-state index in [4.69, 9.17) is 22.1 Å². The number of carbonyl (C=O) groups excluding carboxylic acids is 1. The van der Waals surface area contributed by atoms with Crippen LogP contribution in [0.1, 0.15) is 22.8 Å². The Labute approximate surface area is 179 Å². The highest BCUT2D eigenvalue weighted by atomic mass is 35.5. The fraction of sp³-hybridized carbons (Fsp3) is 0.158. The van der Waals surface area contributed by atoms with Crippen LogP contribution >= 0.6 is 11.6 Å². The van der Waals surface area contributed by atoms with Crippen LogP contribution in [0.25, 0.3) is 0 Å². The van der Waals surface area contributed by atoms with Crippen molar-refractivity contribution in [2.45, 2.75) is 13.1 Å². The van der Waals surface area contributed by atoms with E-state index in [9.17, 15) is 18.0 Å².